The van der Waals surface area contributed by atoms with E-state index in [4.69, 9.17) is 28.3 Å². The lowest BCUT2D eigenvalue weighted by molar-refractivity contribution is 0.159. The second-order valence-electron chi connectivity index (χ2n) is 5.02. The minimum absolute atomic E-state index is 0.167. The molecule has 1 saturated heterocycles. The molecule has 1 atom stereocenters. The molecule has 1 aromatic carbocycles. The standard InChI is InChI=1S/C14H18Cl2N2O2/c15-11-3-4-12(16)13(8-11)17-14(20)18-6-1-2-10(9-18)5-7-19/h3-4,8,10,19H,1-2,5-7,9H2,(H,17,20). The van der Waals surface area contributed by atoms with E-state index in [-0.39, 0.29) is 12.6 Å². The van der Waals surface area contributed by atoms with E-state index in [0.717, 1.165) is 25.8 Å². The van der Waals surface area contributed by atoms with Crippen LogP contribution in [0.1, 0.15) is 19.3 Å². The van der Waals surface area contributed by atoms with Crippen molar-refractivity contribution in [1.82, 2.24) is 4.90 Å². The second kappa shape index (κ2) is 7.16. The molecule has 2 amide bonds. The van der Waals surface area contributed by atoms with Gasteiger partial charge in [-0.15, -0.1) is 0 Å². The van der Waals surface area contributed by atoms with Gasteiger partial charge in [0.2, 0.25) is 0 Å². The number of nitrogens with one attached hydrogen (secondary N) is 1. The van der Waals surface area contributed by atoms with E-state index in [1.165, 1.54) is 0 Å². The maximum absolute atomic E-state index is 12.2. The van der Waals surface area contributed by atoms with Crippen molar-refractivity contribution in [2.45, 2.75) is 19.3 Å². The largest absolute Gasteiger partial charge is 0.396 e. The first kappa shape index (κ1) is 15.4. The highest BCUT2D eigenvalue weighted by Gasteiger charge is 2.23. The van der Waals surface area contributed by atoms with Crippen molar-refractivity contribution in [3.8, 4) is 0 Å². The summed E-state index contributed by atoms with van der Waals surface area (Å²) in [7, 11) is 0. The smallest absolute Gasteiger partial charge is 0.321 e. The summed E-state index contributed by atoms with van der Waals surface area (Å²) in [5, 5.41) is 12.8. The summed E-state index contributed by atoms with van der Waals surface area (Å²) >= 11 is 11.9. The van der Waals surface area contributed by atoms with E-state index in [1.807, 2.05) is 0 Å². The van der Waals surface area contributed by atoms with E-state index in [2.05, 4.69) is 5.32 Å². The van der Waals surface area contributed by atoms with Gasteiger partial charge in [0.1, 0.15) is 0 Å². The van der Waals surface area contributed by atoms with Crippen molar-refractivity contribution in [2.75, 3.05) is 25.0 Å². The highest BCUT2D eigenvalue weighted by molar-refractivity contribution is 6.35. The van der Waals surface area contributed by atoms with Gasteiger partial charge < -0.3 is 15.3 Å². The Balaban J connectivity index is 1.99. The molecule has 0 spiro atoms. The third-order valence-corrected chi connectivity index (χ3v) is 4.08. The number of carbonyl (C=O) groups excluding carboxylic acids is 1. The molecule has 2 rings (SSSR count). The van der Waals surface area contributed by atoms with Crippen LogP contribution in [0, 0.1) is 5.92 Å². The summed E-state index contributed by atoms with van der Waals surface area (Å²) in [6.07, 6.45) is 2.76. The molecule has 0 bridgehead atoms. The van der Waals surface area contributed by atoms with Gasteiger partial charge in [0, 0.05) is 24.7 Å². The van der Waals surface area contributed by atoms with Crippen molar-refractivity contribution in [3.05, 3.63) is 28.2 Å². The number of aliphatic hydroxyl groups is 1. The third-order valence-electron chi connectivity index (χ3n) is 3.51. The topological polar surface area (TPSA) is 52.6 Å². The van der Waals surface area contributed by atoms with E-state index < -0.39 is 0 Å². The zero-order chi connectivity index (χ0) is 14.5. The number of hydrogen-bond acceptors (Lipinski definition) is 2. The SMILES string of the molecule is O=C(Nc1cc(Cl)ccc1Cl)N1CCCC(CCO)C1. The summed E-state index contributed by atoms with van der Waals surface area (Å²) in [5.74, 6) is 0.370. The minimum atomic E-state index is -0.170. The van der Waals surface area contributed by atoms with Gasteiger partial charge >= 0.3 is 6.03 Å². The molecule has 0 saturated carbocycles. The van der Waals surface area contributed by atoms with Crippen molar-refractivity contribution in [2.24, 2.45) is 5.92 Å². The van der Waals surface area contributed by atoms with Crippen LogP contribution in [0.25, 0.3) is 0 Å². The molecule has 1 aromatic rings. The van der Waals surface area contributed by atoms with E-state index in [9.17, 15) is 4.79 Å². The van der Waals surface area contributed by atoms with Crippen molar-refractivity contribution in [3.63, 3.8) is 0 Å². The van der Waals surface area contributed by atoms with Gasteiger partial charge in [-0.3, -0.25) is 0 Å². The number of piperidine rings is 1. The average Bonchev–Trinajstić information content (AvgIpc) is 2.43. The fourth-order valence-electron chi connectivity index (χ4n) is 2.46. The Hall–Kier alpha value is -0.970. The van der Waals surface area contributed by atoms with Gasteiger partial charge in [-0.05, 0) is 43.4 Å². The first-order chi connectivity index (χ1) is 9.60. The van der Waals surface area contributed by atoms with Crippen LogP contribution in [0.3, 0.4) is 0 Å². The molecule has 1 unspecified atom stereocenters. The quantitative estimate of drug-likeness (QED) is 0.894. The van der Waals surface area contributed by atoms with Gasteiger partial charge in [-0.25, -0.2) is 4.79 Å². The van der Waals surface area contributed by atoms with E-state index >= 15 is 0 Å². The van der Waals surface area contributed by atoms with Crippen LogP contribution in [-0.2, 0) is 0 Å². The number of likely N-dealkylation sites (tertiary alicyclic amines) is 1. The number of benzene rings is 1. The summed E-state index contributed by atoms with van der Waals surface area (Å²) < 4.78 is 0. The van der Waals surface area contributed by atoms with Crippen LogP contribution in [-0.4, -0.2) is 35.7 Å². The highest BCUT2D eigenvalue weighted by atomic mass is 35.5. The zero-order valence-electron chi connectivity index (χ0n) is 11.1. The van der Waals surface area contributed by atoms with Gasteiger partial charge in [0.25, 0.3) is 0 Å². The van der Waals surface area contributed by atoms with Gasteiger partial charge in [-0.1, -0.05) is 23.2 Å². The number of amides is 2. The number of carbonyl (C=O) groups is 1. The van der Waals surface area contributed by atoms with Gasteiger partial charge in [0.15, 0.2) is 0 Å². The second-order valence-corrected chi connectivity index (χ2v) is 5.86. The molecular weight excluding hydrogens is 299 g/mol. The van der Waals surface area contributed by atoms with Gasteiger partial charge in [0.05, 0.1) is 10.7 Å². The summed E-state index contributed by atoms with van der Waals surface area (Å²) in [5.41, 5.74) is 0.522. The number of anilines is 1. The monoisotopic (exact) mass is 316 g/mol. The molecule has 0 radical (unpaired) electrons. The lowest BCUT2D eigenvalue weighted by Gasteiger charge is -2.32. The van der Waals surface area contributed by atoms with Crippen LogP contribution < -0.4 is 5.32 Å². The van der Waals surface area contributed by atoms with Crippen LogP contribution in [0.4, 0.5) is 10.5 Å². The Labute approximate surface area is 128 Å². The summed E-state index contributed by atoms with van der Waals surface area (Å²) in [4.78, 5) is 14.0. The molecule has 0 aliphatic carbocycles. The normalized spacial score (nSPS) is 18.9. The van der Waals surface area contributed by atoms with Crippen LogP contribution in [0.5, 0.6) is 0 Å². The Bertz CT molecular complexity index is 480. The zero-order valence-corrected chi connectivity index (χ0v) is 12.6. The number of nitrogens with zero attached hydrogens (tertiary/aromatic N) is 1. The molecule has 1 fully saturated rings. The highest BCUT2D eigenvalue weighted by Crippen LogP contribution is 2.26. The first-order valence-electron chi connectivity index (χ1n) is 6.72. The van der Waals surface area contributed by atoms with E-state index in [0.29, 0.717) is 28.2 Å². The maximum Gasteiger partial charge on any atom is 0.321 e. The van der Waals surface area contributed by atoms with Crippen LogP contribution in [0.15, 0.2) is 18.2 Å². The van der Waals surface area contributed by atoms with Crippen molar-refractivity contribution >= 4 is 34.9 Å². The lowest BCUT2D eigenvalue weighted by Crippen LogP contribution is -2.42. The summed E-state index contributed by atoms with van der Waals surface area (Å²) in [6, 6.07) is 4.80. The first-order valence-corrected chi connectivity index (χ1v) is 7.47. The van der Waals surface area contributed by atoms with Gasteiger partial charge in [-0.2, -0.15) is 0 Å². The lowest BCUT2D eigenvalue weighted by atomic mass is 9.95. The molecule has 1 heterocycles. The molecule has 6 heteroatoms. The Morgan fingerprint density at radius 1 is 1.45 bits per heavy atom. The number of halogens is 2. The Kier molecular flexibility index (Phi) is 5.52. The van der Waals surface area contributed by atoms with Crippen LogP contribution >= 0.6 is 23.2 Å². The molecule has 1 aliphatic rings. The van der Waals surface area contributed by atoms with Crippen molar-refractivity contribution in [1.29, 1.82) is 0 Å². The number of aliphatic hydroxyl groups excluding tert-OH is 1. The Morgan fingerprint density at radius 3 is 3.00 bits per heavy atom. The van der Waals surface area contributed by atoms with Crippen molar-refractivity contribution < 1.29 is 9.90 Å². The van der Waals surface area contributed by atoms with Crippen LogP contribution in [0.2, 0.25) is 10.0 Å². The number of hydrogen-bond donors (Lipinski definition) is 2. The molecule has 20 heavy (non-hydrogen) atoms. The summed E-state index contributed by atoms with van der Waals surface area (Å²) in [6.45, 7) is 1.57. The minimum Gasteiger partial charge on any atom is -0.396 e. The molecule has 0 aromatic heterocycles. The molecule has 4 nitrogen and oxygen atoms in total. The predicted molar refractivity (Wildman–Crippen MR) is 81.5 cm³/mol. The average molecular weight is 317 g/mol. The fraction of sp³-hybridized carbons (Fsp3) is 0.500. The molecule has 2 N–H and O–H groups in total. The molecule has 110 valence electrons. The number of rotatable bonds is 3. The maximum atomic E-state index is 12.2. The van der Waals surface area contributed by atoms with E-state index in [1.54, 1.807) is 23.1 Å². The number of urea groups is 1. The Morgan fingerprint density at radius 2 is 2.25 bits per heavy atom. The molecule has 1 aliphatic heterocycles. The third kappa shape index (κ3) is 4.01. The predicted octanol–water partition coefficient (Wildman–Crippen LogP) is 3.62. The molecular formula is C14H18Cl2N2O2. The fourth-order valence-corrected chi connectivity index (χ4v) is 2.79.